The number of nitrogen functional groups attached to an aromatic ring is 1. The Morgan fingerprint density at radius 2 is 1.86 bits per heavy atom. The van der Waals surface area contributed by atoms with Gasteiger partial charge < -0.3 is 5.43 Å². The van der Waals surface area contributed by atoms with E-state index >= 15 is 0 Å². The van der Waals surface area contributed by atoms with Crippen molar-refractivity contribution in [1.82, 2.24) is 4.98 Å². The number of hydrogen-bond donors (Lipinski definition) is 2. The molecule has 0 amide bonds. The van der Waals surface area contributed by atoms with E-state index in [1.807, 2.05) is 0 Å². The smallest absolute Gasteiger partial charge is 0.0924 e. The van der Waals surface area contributed by atoms with Gasteiger partial charge in [-0.15, -0.1) is 0 Å². The summed E-state index contributed by atoms with van der Waals surface area (Å²) in [5.74, 6) is 5.36. The molecular formula is C9H7Cl2N3. The third kappa shape index (κ3) is 1.39. The summed E-state index contributed by atoms with van der Waals surface area (Å²) < 4.78 is 0. The number of anilines is 1. The van der Waals surface area contributed by atoms with E-state index in [1.54, 1.807) is 24.4 Å². The van der Waals surface area contributed by atoms with Crippen LogP contribution < -0.4 is 11.3 Å². The van der Waals surface area contributed by atoms with Crippen LogP contribution in [0.5, 0.6) is 0 Å². The molecule has 1 heterocycles. The van der Waals surface area contributed by atoms with Gasteiger partial charge in [0.25, 0.3) is 0 Å². The van der Waals surface area contributed by atoms with Gasteiger partial charge in [-0.05, 0) is 18.2 Å². The summed E-state index contributed by atoms with van der Waals surface area (Å²) >= 11 is 12.0. The normalized spacial score (nSPS) is 10.5. The van der Waals surface area contributed by atoms with E-state index in [9.17, 15) is 0 Å². The summed E-state index contributed by atoms with van der Waals surface area (Å²) in [4.78, 5) is 4.14. The van der Waals surface area contributed by atoms with E-state index in [1.165, 1.54) is 0 Å². The molecule has 72 valence electrons. The van der Waals surface area contributed by atoms with Gasteiger partial charge in [-0.3, -0.25) is 10.8 Å². The van der Waals surface area contributed by atoms with Crippen LogP contribution in [0.4, 0.5) is 5.69 Å². The topological polar surface area (TPSA) is 50.9 Å². The summed E-state index contributed by atoms with van der Waals surface area (Å²) in [6, 6.07) is 5.17. The minimum Gasteiger partial charge on any atom is -0.323 e. The van der Waals surface area contributed by atoms with Crippen LogP contribution in [0.2, 0.25) is 10.0 Å². The molecule has 2 rings (SSSR count). The molecule has 3 nitrogen and oxygen atoms in total. The lowest BCUT2D eigenvalue weighted by atomic mass is 10.2. The van der Waals surface area contributed by atoms with Gasteiger partial charge in [0, 0.05) is 11.6 Å². The first-order chi connectivity index (χ1) is 6.74. The van der Waals surface area contributed by atoms with Crippen LogP contribution in [0.3, 0.4) is 0 Å². The molecule has 5 heteroatoms. The molecule has 0 bridgehead atoms. The fourth-order valence-corrected chi connectivity index (χ4v) is 1.77. The maximum Gasteiger partial charge on any atom is 0.0924 e. The molecule has 1 aromatic carbocycles. The van der Waals surface area contributed by atoms with Crippen molar-refractivity contribution in [2.24, 2.45) is 5.84 Å². The van der Waals surface area contributed by atoms with Crippen LogP contribution >= 0.6 is 23.2 Å². The number of fused-ring (bicyclic) bond motifs is 1. The number of nitrogens with zero attached hydrogens (tertiary/aromatic N) is 1. The quantitative estimate of drug-likeness (QED) is 0.582. The molecule has 0 aliphatic carbocycles. The predicted octanol–water partition coefficient (Wildman–Crippen LogP) is 2.83. The molecule has 0 saturated heterocycles. The van der Waals surface area contributed by atoms with Crippen molar-refractivity contribution in [2.45, 2.75) is 0 Å². The van der Waals surface area contributed by atoms with Gasteiger partial charge in [-0.2, -0.15) is 0 Å². The first-order valence-electron chi connectivity index (χ1n) is 3.93. The first-order valence-corrected chi connectivity index (χ1v) is 4.69. The number of benzene rings is 1. The highest BCUT2D eigenvalue weighted by Crippen LogP contribution is 2.32. The fourth-order valence-electron chi connectivity index (χ4n) is 1.31. The van der Waals surface area contributed by atoms with Gasteiger partial charge in [0.1, 0.15) is 0 Å². The van der Waals surface area contributed by atoms with E-state index in [0.29, 0.717) is 21.2 Å². The maximum absolute atomic E-state index is 6.02. The number of pyridine rings is 1. The fraction of sp³-hybridized carbons (Fsp3) is 0. The highest BCUT2D eigenvalue weighted by Gasteiger charge is 2.07. The molecule has 0 spiro atoms. The minimum absolute atomic E-state index is 0.557. The number of nitrogens with two attached hydrogens (primary N) is 1. The molecule has 0 radical (unpaired) electrons. The lowest BCUT2D eigenvalue weighted by molar-refractivity contribution is 1.33. The Labute approximate surface area is 90.8 Å². The first kappa shape index (κ1) is 9.52. The summed E-state index contributed by atoms with van der Waals surface area (Å²) in [6.07, 6.45) is 1.62. The van der Waals surface area contributed by atoms with Crippen molar-refractivity contribution in [2.75, 3.05) is 5.43 Å². The Morgan fingerprint density at radius 1 is 1.14 bits per heavy atom. The third-order valence-corrected chi connectivity index (χ3v) is 2.57. The average Bonchev–Trinajstić information content (AvgIpc) is 2.23. The van der Waals surface area contributed by atoms with Crippen LogP contribution in [-0.2, 0) is 0 Å². The molecule has 0 unspecified atom stereocenters. The Hall–Kier alpha value is -1.03. The Balaban J connectivity index is 2.92. The van der Waals surface area contributed by atoms with E-state index in [-0.39, 0.29) is 0 Å². The summed E-state index contributed by atoms with van der Waals surface area (Å²) in [5, 5.41) is 1.87. The SMILES string of the molecule is NNc1ccnc2c(Cl)ccc(Cl)c12. The monoisotopic (exact) mass is 227 g/mol. The molecule has 0 aliphatic rings. The minimum atomic E-state index is 0.557. The number of nitrogens with one attached hydrogen (secondary N) is 1. The predicted molar refractivity (Wildman–Crippen MR) is 59.6 cm³/mol. The Bertz CT molecular complexity index is 485. The highest BCUT2D eigenvalue weighted by molar-refractivity contribution is 6.40. The Kier molecular flexibility index (Phi) is 2.46. The zero-order chi connectivity index (χ0) is 10.1. The van der Waals surface area contributed by atoms with Gasteiger partial charge in [-0.25, -0.2) is 0 Å². The van der Waals surface area contributed by atoms with E-state index in [2.05, 4.69) is 10.4 Å². The lowest BCUT2D eigenvalue weighted by Crippen LogP contribution is -2.07. The van der Waals surface area contributed by atoms with Gasteiger partial charge >= 0.3 is 0 Å². The van der Waals surface area contributed by atoms with Crippen molar-refractivity contribution in [3.63, 3.8) is 0 Å². The van der Waals surface area contributed by atoms with Crippen LogP contribution in [0.25, 0.3) is 10.9 Å². The molecule has 0 atom stereocenters. The second-order valence-corrected chi connectivity index (χ2v) is 3.57. The molecule has 14 heavy (non-hydrogen) atoms. The summed E-state index contributed by atoms with van der Waals surface area (Å²) in [7, 11) is 0. The van der Waals surface area contributed by atoms with Crippen molar-refractivity contribution >= 4 is 39.8 Å². The van der Waals surface area contributed by atoms with Crippen LogP contribution in [-0.4, -0.2) is 4.98 Å². The second kappa shape index (κ2) is 3.61. The zero-order valence-corrected chi connectivity index (χ0v) is 8.60. The van der Waals surface area contributed by atoms with Crippen LogP contribution in [0.1, 0.15) is 0 Å². The molecule has 0 saturated carbocycles. The van der Waals surface area contributed by atoms with E-state index < -0.39 is 0 Å². The molecule has 0 aliphatic heterocycles. The van der Waals surface area contributed by atoms with Gasteiger partial charge in [0.2, 0.25) is 0 Å². The zero-order valence-electron chi connectivity index (χ0n) is 7.09. The van der Waals surface area contributed by atoms with Crippen molar-refractivity contribution in [3.8, 4) is 0 Å². The summed E-state index contributed by atoms with van der Waals surface area (Å²) in [6.45, 7) is 0. The lowest BCUT2D eigenvalue weighted by Gasteiger charge is -2.07. The molecule has 1 aromatic heterocycles. The van der Waals surface area contributed by atoms with Gasteiger partial charge in [0.05, 0.1) is 21.2 Å². The van der Waals surface area contributed by atoms with Gasteiger partial charge in [0.15, 0.2) is 0 Å². The molecule has 2 aromatic rings. The number of rotatable bonds is 1. The molecule has 3 N–H and O–H groups in total. The molecular weight excluding hydrogens is 221 g/mol. The number of hydrogen-bond acceptors (Lipinski definition) is 3. The largest absolute Gasteiger partial charge is 0.323 e. The van der Waals surface area contributed by atoms with Crippen molar-refractivity contribution < 1.29 is 0 Å². The molecule has 0 fully saturated rings. The third-order valence-electron chi connectivity index (χ3n) is 1.95. The maximum atomic E-state index is 6.02. The van der Waals surface area contributed by atoms with E-state index in [4.69, 9.17) is 29.0 Å². The van der Waals surface area contributed by atoms with Crippen molar-refractivity contribution in [3.05, 3.63) is 34.4 Å². The van der Waals surface area contributed by atoms with Crippen LogP contribution in [0.15, 0.2) is 24.4 Å². The van der Waals surface area contributed by atoms with Crippen LogP contribution in [0, 0.1) is 0 Å². The van der Waals surface area contributed by atoms with Gasteiger partial charge in [-0.1, -0.05) is 23.2 Å². The number of halogens is 2. The van der Waals surface area contributed by atoms with Crippen molar-refractivity contribution in [1.29, 1.82) is 0 Å². The van der Waals surface area contributed by atoms with E-state index in [0.717, 1.165) is 5.39 Å². The Morgan fingerprint density at radius 3 is 2.57 bits per heavy atom. The standard InChI is InChI=1S/C9H7Cl2N3/c10-5-1-2-6(11)9-8(5)7(14-12)3-4-13-9/h1-4H,12H2,(H,13,14). The summed E-state index contributed by atoms with van der Waals surface area (Å²) in [5.41, 5.74) is 3.91. The number of hydrazine groups is 1. The average molecular weight is 228 g/mol. The highest BCUT2D eigenvalue weighted by atomic mass is 35.5. The number of aromatic nitrogens is 1. The second-order valence-electron chi connectivity index (χ2n) is 2.76.